The van der Waals surface area contributed by atoms with Gasteiger partial charge in [0, 0.05) is 6.54 Å². The summed E-state index contributed by atoms with van der Waals surface area (Å²) in [5, 5.41) is 3.22. The first-order valence-corrected chi connectivity index (χ1v) is 6.76. The molecule has 0 aliphatic rings. The van der Waals surface area contributed by atoms with Crippen LogP contribution in [0.5, 0.6) is 0 Å². The Balaban J connectivity index is 3.37. The molecule has 0 saturated carbocycles. The molecule has 0 fully saturated rings. The van der Waals surface area contributed by atoms with Crippen molar-refractivity contribution in [3.05, 3.63) is 0 Å². The van der Waals surface area contributed by atoms with Crippen molar-refractivity contribution in [1.82, 2.24) is 5.32 Å². The molecular formula is C10H23NO2S. The largest absolute Gasteiger partial charge is 0.315 e. The predicted octanol–water partition coefficient (Wildman–Crippen LogP) is 2.01. The third-order valence-corrected chi connectivity index (χ3v) is 2.98. The van der Waals surface area contributed by atoms with Gasteiger partial charge in [-0.3, -0.25) is 0 Å². The maximum absolute atomic E-state index is 10.4. The van der Waals surface area contributed by atoms with E-state index in [2.05, 4.69) is 19.2 Å². The Morgan fingerprint density at radius 3 is 2.64 bits per heavy atom. The number of rotatable bonds is 9. The summed E-state index contributed by atoms with van der Waals surface area (Å²) in [7, 11) is 0. The van der Waals surface area contributed by atoms with E-state index in [1.165, 1.54) is 25.7 Å². The molecule has 0 radical (unpaired) electrons. The Labute approximate surface area is 90.0 Å². The minimum Gasteiger partial charge on any atom is -0.315 e. The lowest BCUT2D eigenvalue weighted by Crippen LogP contribution is -2.26. The van der Waals surface area contributed by atoms with E-state index in [0.717, 1.165) is 12.5 Å². The molecule has 0 amide bonds. The highest BCUT2D eigenvalue weighted by molar-refractivity contribution is 7.79. The van der Waals surface area contributed by atoms with Crippen molar-refractivity contribution in [2.24, 2.45) is 5.92 Å². The number of unbranched alkanes of at least 4 members (excludes halogenated alkanes) is 1. The van der Waals surface area contributed by atoms with Gasteiger partial charge in [-0.05, 0) is 18.9 Å². The summed E-state index contributed by atoms with van der Waals surface area (Å²) in [4.78, 5) is 0. The zero-order valence-corrected chi connectivity index (χ0v) is 10.1. The number of nitrogens with one attached hydrogen (secondary N) is 1. The van der Waals surface area contributed by atoms with Gasteiger partial charge in [0.25, 0.3) is 0 Å². The second-order valence-corrected chi connectivity index (χ2v) is 4.70. The fourth-order valence-electron chi connectivity index (χ4n) is 1.41. The fraction of sp³-hybridized carbons (Fsp3) is 1.00. The molecule has 0 aromatic carbocycles. The summed E-state index contributed by atoms with van der Waals surface area (Å²) in [6, 6.07) is 0. The Morgan fingerprint density at radius 1 is 1.43 bits per heavy atom. The third kappa shape index (κ3) is 8.66. The van der Waals surface area contributed by atoms with Crippen LogP contribution >= 0.6 is 0 Å². The van der Waals surface area contributed by atoms with Crippen LogP contribution in [0, 0.1) is 5.92 Å². The van der Waals surface area contributed by atoms with Crippen LogP contribution in [0.4, 0.5) is 0 Å². The van der Waals surface area contributed by atoms with Crippen LogP contribution in [-0.2, 0) is 11.1 Å². The van der Waals surface area contributed by atoms with Crippen LogP contribution in [-0.4, -0.2) is 27.6 Å². The lowest BCUT2D eigenvalue weighted by molar-refractivity contribution is 0.424. The highest BCUT2D eigenvalue weighted by Gasteiger charge is 2.04. The summed E-state index contributed by atoms with van der Waals surface area (Å²) >= 11 is -1.65. The van der Waals surface area contributed by atoms with Gasteiger partial charge >= 0.3 is 0 Å². The van der Waals surface area contributed by atoms with Gasteiger partial charge in [0.2, 0.25) is 0 Å². The van der Waals surface area contributed by atoms with Gasteiger partial charge in [-0.15, -0.1) is 0 Å². The first-order valence-electron chi connectivity index (χ1n) is 5.48. The molecule has 0 heterocycles. The van der Waals surface area contributed by atoms with Crippen LogP contribution in [0.3, 0.4) is 0 Å². The molecule has 0 aromatic heterocycles. The fourth-order valence-corrected chi connectivity index (χ4v) is 1.73. The molecular weight excluding hydrogens is 198 g/mol. The minimum atomic E-state index is -1.65. The zero-order chi connectivity index (χ0) is 10.8. The van der Waals surface area contributed by atoms with Crippen molar-refractivity contribution in [2.75, 3.05) is 18.8 Å². The van der Waals surface area contributed by atoms with Crippen molar-refractivity contribution >= 4 is 11.1 Å². The molecule has 0 spiro atoms. The Hall–Kier alpha value is 0.0700. The van der Waals surface area contributed by atoms with Gasteiger partial charge in [0.15, 0.2) is 11.1 Å². The lowest BCUT2D eigenvalue weighted by atomic mass is 9.99. The minimum absolute atomic E-state index is 0.338. The van der Waals surface area contributed by atoms with Gasteiger partial charge in [-0.2, -0.15) is 0 Å². The van der Waals surface area contributed by atoms with Gasteiger partial charge in [0.1, 0.15) is 0 Å². The SMILES string of the molecule is CCCCC(CC)CNCCS(=O)O. The molecule has 0 aliphatic heterocycles. The van der Waals surface area contributed by atoms with E-state index < -0.39 is 11.1 Å². The smallest absolute Gasteiger partial charge is 0.154 e. The highest BCUT2D eigenvalue weighted by atomic mass is 32.2. The lowest BCUT2D eigenvalue weighted by Gasteiger charge is -2.14. The summed E-state index contributed by atoms with van der Waals surface area (Å²) in [6.45, 7) is 6.03. The summed E-state index contributed by atoms with van der Waals surface area (Å²) in [6.07, 6.45) is 4.99. The van der Waals surface area contributed by atoms with Crippen LogP contribution in [0.2, 0.25) is 0 Å². The Morgan fingerprint density at radius 2 is 2.14 bits per heavy atom. The van der Waals surface area contributed by atoms with Crippen LogP contribution in [0.1, 0.15) is 39.5 Å². The van der Waals surface area contributed by atoms with Crippen molar-refractivity contribution in [3.8, 4) is 0 Å². The van der Waals surface area contributed by atoms with Crippen LogP contribution < -0.4 is 5.32 Å². The average molecular weight is 221 g/mol. The zero-order valence-electron chi connectivity index (χ0n) is 9.29. The van der Waals surface area contributed by atoms with E-state index in [1.807, 2.05) is 0 Å². The third-order valence-electron chi connectivity index (χ3n) is 2.43. The molecule has 0 saturated heterocycles. The summed E-state index contributed by atoms with van der Waals surface area (Å²) in [5.74, 6) is 1.06. The molecule has 2 unspecified atom stereocenters. The Kier molecular flexibility index (Phi) is 9.67. The monoisotopic (exact) mass is 221 g/mol. The normalized spacial score (nSPS) is 15.4. The molecule has 86 valence electrons. The predicted molar refractivity (Wildman–Crippen MR) is 61.8 cm³/mol. The average Bonchev–Trinajstić information content (AvgIpc) is 2.16. The van der Waals surface area contributed by atoms with Crippen molar-refractivity contribution in [1.29, 1.82) is 0 Å². The van der Waals surface area contributed by atoms with Gasteiger partial charge in [-0.1, -0.05) is 33.1 Å². The first-order chi connectivity index (χ1) is 6.70. The van der Waals surface area contributed by atoms with E-state index in [-0.39, 0.29) is 0 Å². The molecule has 4 heteroatoms. The molecule has 0 aromatic rings. The van der Waals surface area contributed by atoms with E-state index in [9.17, 15) is 4.21 Å². The molecule has 3 nitrogen and oxygen atoms in total. The van der Waals surface area contributed by atoms with E-state index >= 15 is 0 Å². The maximum atomic E-state index is 10.4. The maximum Gasteiger partial charge on any atom is 0.154 e. The highest BCUT2D eigenvalue weighted by Crippen LogP contribution is 2.10. The molecule has 0 aliphatic carbocycles. The van der Waals surface area contributed by atoms with Crippen LogP contribution in [0.25, 0.3) is 0 Å². The number of hydrogen-bond acceptors (Lipinski definition) is 2. The molecule has 2 atom stereocenters. The second kappa shape index (κ2) is 9.62. The van der Waals surface area contributed by atoms with Gasteiger partial charge in [-0.25, -0.2) is 4.21 Å². The standard InChI is InChI=1S/C10H23NO2S/c1-3-5-6-10(4-2)9-11-7-8-14(12)13/h10-11H,3-9H2,1-2H3,(H,12,13). The van der Waals surface area contributed by atoms with Gasteiger partial charge in [0.05, 0.1) is 5.75 Å². The van der Waals surface area contributed by atoms with E-state index in [0.29, 0.717) is 12.3 Å². The molecule has 2 N–H and O–H groups in total. The second-order valence-electron chi connectivity index (χ2n) is 3.65. The molecule has 0 rings (SSSR count). The molecule has 0 bridgehead atoms. The summed E-state index contributed by atoms with van der Waals surface area (Å²) in [5.41, 5.74) is 0. The van der Waals surface area contributed by atoms with E-state index in [4.69, 9.17) is 4.55 Å². The molecule has 14 heavy (non-hydrogen) atoms. The van der Waals surface area contributed by atoms with Crippen LogP contribution in [0.15, 0.2) is 0 Å². The summed E-state index contributed by atoms with van der Waals surface area (Å²) < 4.78 is 18.9. The van der Waals surface area contributed by atoms with Gasteiger partial charge < -0.3 is 9.87 Å². The Bertz CT molecular complexity index is 153. The quantitative estimate of drug-likeness (QED) is 0.462. The topological polar surface area (TPSA) is 49.3 Å². The van der Waals surface area contributed by atoms with Crippen molar-refractivity contribution in [3.63, 3.8) is 0 Å². The number of hydrogen-bond donors (Lipinski definition) is 2. The van der Waals surface area contributed by atoms with E-state index in [1.54, 1.807) is 0 Å². The first kappa shape index (κ1) is 14.1. The van der Waals surface area contributed by atoms with Crippen molar-refractivity contribution in [2.45, 2.75) is 39.5 Å². The van der Waals surface area contributed by atoms with Crippen molar-refractivity contribution < 1.29 is 8.76 Å².